The standard InChI is InChI=1S/C10H10ClO/c11-8-10(12)7-6-9-4-2-1-3-5-9/h1-5,7H,6,8H2. The van der Waals surface area contributed by atoms with Gasteiger partial charge in [0.1, 0.15) is 0 Å². The van der Waals surface area contributed by atoms with E-state index in [0.29, 0.717) is 6.42 Å². The molecule has 0 aliphatic heterocycles. The maximum atomic E-state index is 10.8. The first-order valence-corrected chi connectivity index (χ1v) is 4.32. The van der Waals surface area contributed by atoms with E-state index in [0.717, 1.165) is 5.56 Å². The van der Waals surface area contributed by atoms with Crippen LogP contribution in [0.2, 0.25) is 0 Å². The average Bonchev–Trinajstić information content (AvgIpc) is 2.16. The zero-order valence-electron chi connectivity index (χ0n) is 6.66. The van der Waals surface area contributed by atoms with E-state index in [1.165, 1.54) is 0 Å². The van der Waals surface area contributed by atoms with Crippen molar-refractivity contribution in [2.24, 2.45) is 0 Å². The van der Waals surface area contributed by atoms with Crippen LogP contribution in [0.4, 0.5) is 0 Å². The van der Waals surface area contributed by atoms with Crippen LogP contribution in [0.5, 0.6) is 0 Å². The van der Waals surface area contributed by atoms with Crippen molar-refractivity contribution in [1.29, 1.82) is 0 Å². The Morgan fingerprint density at radius 3 is 2.58 bits per heavy atom. The summed E-state index contributed by atoms with van der Waals surface area (Å²) in [5.74, 6) is 0.0628. The van der Waals surface area contributed by atoms with Gasteiger partial charge in [-0.05, 0) is 12.0 Å². The highest BCUT2D eigenvalue weighted by atomic mass is 35.5. The molecule has 0 unspecified atom stereocenters. The van der Waals surface area contributed by atoms with Crippen molar-refractivity contribution in [3.63, 3.8) is 0 Å². The molecule has 63 valence electrons. The van der Waals surface area contributed by atoms with Gasteiger partial charge in [0, 0.05) is 6.42 Å². The maximum absolute atomic E-state index is 10.8. The quantitative estimate of drug-likeness (QED) is 0.652. The molecule has 0 fully saturated rings. The van der Waals surface area contributed by atoms with Gasteiger partial charge in [-0.3, -0.25) is 4.79 Å². The third kappa shape index (κ3) is 3.05. The van der Waals surface area contributed by atoms with Crippen LogP contribution in [0, 0.1) is 6.42 Å². The Kier molecular flexibility index (Phi) is 3.81. The molecule has 0 bridgehead atoms. The van der Waals surface area contributed by atoms with Gasteiger partial charge in [0.15, 0.2) is 5.78 Å². The van der Waals surface area contributed by atoms with Crippen molar-refractivity contribution in [1.82, 2.24) is 0 Å². The lowest BCUT2D eigenvalue weighted by Gasteiger charge is -1.97. The van der Waals surface area contributed by atoms with Crippen LogP contribution in [0.3, 0.4) is 0 Å². The zero-order chi connectivity index (χ0) is 8.81. The molecule has 0 saturated heterocycles. The number of hydrogen-bond acceptors (Lipinski definition) is 1. The monoisotopic (exact) mass is 181 g/mol. The first-order valence-electron chi connectivity index (χ1n) is 3.79. The number of alkyl halides is 1. The molecule has 0 aliphatic rings. The SMILES string of the molecule is O=C([CH]Cc1ccccc1)CCl. The lowest BCUT2D eigenvalue weighted by Crippen LogP contribution is -2.01. The van der Waals surface area contributed by atoms with Gasteiger partial charge in [0.05, 0.1) is 5.88 Å². The zero-order valence-corrected chi connectivity index (χ0v) is 7.42. The summed E-state index contributed by atoms with van der Waals surface area (Å²) < 4.78 is 0. The molecule has 1 aromatic rings. The van der Waals surface area contributed by atoms with Gasteiger partial charge in [-0.1, -0.05) is 30.3 Å². The Morgan fingerprint density at radius 2 is 2.00 bits per heavy atom. The molecule has 12 heavy (non-hydrogen) atoms. The second kappa shape index (κ2) is 4.94. The first-order chi connectivity index (χ1) is 5.83. The van der Waals surface area contributed by atoms with Gasteiger partial charge in [0.25, 0.3) is 0 Å². The van der Waals surface area contributed by atoms with E-state index in [-0.39, 0.29) is 11.7 Å². The minimum atomic E-state index is -0.0134. The molecule has 0 saturated carbocycles. The Morgan fingerprint density at radius 1 is 1.33 bits per heavy atom. The highest BCUT2D eigenvalue weighted by Crippen LogP contribution is 2.02. The number of hydrogen-bond donors (Lipinski definition) is 0. The molecule has 0 heterocycles. The number of halogens is 1. The predicted octanol–water partition coefficient (Wildman–Crippen LogP) is 2.24. The molecule has 1 radical (unpaired) electrons. The van der Waals surface area contributed by atoms with Crippen LogP contribution in [0.1, 0.15) is 5.56 Å². The van der Waals surface area contributed by atoms with E-state index in [1.54, 1.807) is 6.42 Å². The van der Waals surface area contributed by atoms with Gasteiger partial charge < -0.3 is 0 Å². The summed E-state index contributed by atoms with van der Waals surface area (Å²) in [6.07, 6.45) is 2.29. The number of carbonyl (C=O) groups excluding carboxylic acids is 1. The Labute approximate surface area is 77.4 Å². The Bertz CT molecular complexity index is 243. The largest absolute Gasteiger partial charge is 0.298 e. The molecule has 0 amide bonds. The summed E-state index contributed by atoms with van der Waals surface area (Å²) in [5, 5.41) is 0. The maximum Gasteiger partial charge on any atom is 0.151 e. The van der Waals surface area contributed by atoms with E-state index < -0.39 is 0 Å². The Balaban J connectivity index is 2.38. The topological polar surface area (TPSA) is 17.1 Å². The number of benzene rings is 1. The molecule has 0 aliphatic carbocycles. The number of Topliss-reactive ketones (excluding diaryl/α,β-unsaturated/α-hetero) is 1. The van der Waals surface area contributed by atoms with Crippen molar-refractivity contribution >= 4 is 17.4 Å². The number of carbonyl (C=O) groups is 1. The fraction of sp³-hybridized carbons (Fsp3) is 0.200. The summed E-state index contributed by atoms with van der Waals surface area (Å²) in [7, 11) is 0. The van der Waals surface area contributed by atoms with Crippen molar-refractivity contribution in [3.05, 3.63) is 42.3 Å². The lowest BCUT2D eigenvalue weighted by molar-refractivity contribution is -0.113. The molecular weight excluding hydrogens is 172 g/mol. The van der Waals surface area contributed by atoms with Crippen molar-refractivity contribution < 1.29 is 4.79 Å². The van der Waals surface area contributed by atoms with Crippen LogP contribution in [0.15, 0.2) is 30.3 Å². The lowest BCUT2D eigenvalue weighted by atomic mass is 10.1. The molecule has 1 rings (SSSR count). The van der Waals surface area contributed by atoms with Crippen molar-refractivity contribution in [3.8, 4) is 0 Å². The van der Waals surface area contributed by atoms with Crippen LogP contribution in [-0.4, -0.2) is 11.7 Å². The highest BCUT2D eigenvalue weighted by Gasteiger charge is 1.99. The van der Waals surface area contributed by atoms with Crippen LogP contribution in [-0.2, 0) is 11.2 Å². The van der Waals surface area contributed by atoms with Gasteiger partial charge >= 0.3 is 0 Å². The molecule has 1 aromatic carbocycles. The minimum absolute atomic E-state index is 0.0134. The normalized spacial score (nSPS) is 9.75. The number of ketones is 1. The molecule has 0 spiro atoms. The second-order valence-corrected chi connectivity index (χ2v) is 2.76. The fourth-order valence-electron chi connectivity index (χ4n) is 0.900. The molecule has 2 heteroatoms. The number of rotatable bonds is 4. The summed E-state index contributed by atoms with van der Waals surface area (Å²) in [6.45, 7) is 0. The van der Waals surface area contributed by atoms with E-state index >= 15 is 0 Å². The summed E-state index contributed by atoms with van der Waals surface area (Å²) in [6, 6.07) is 9.82. The van der Waals surface area contributed by atoms with E-state index in [4.69, 9.17) is 11.6 Å². The average molecular weight is 182 g/mol. The van der Waals surface area contributed by atoms with E-state index in [2.05, 4.69) is 0 Å². The van der Waals surface area contributed by atoms with E-state index in [1.807, 2.05) is 30.3 Å². The smallest absolute Gasteiger partial charge is 0.151 e. The van der Waals surface area contributed by atoms with E-state index in [9.17, 15) is 4.79 Å². The minimum Gasteiger partial charge on any atom is -0.298 e. The molecule has 0 aromatic heterocycles. The predicted molar refractivity (Wildman–Crippen MR) is 50.2 cm³/mol. The summed E-state index contributed by atoms with van der Waals surface area (Å²) >= 11 is 5.34. The molecule has 1 nitrogen and oxygen atoms in total. The highest BCUT2D eigenvalue weighted by molar-refractivity contribution is 6.28. The molecule has 0 atom stereocenters. The molecular formula is C10H10ClO. The fourth-order valence-corrected chi connectivity index (χ4v) is 1.01. The third-order valence-corrected chi connectivity index (χ3v) is 1.80. The van der Waals surface area contributed by atoms with Crippen LogP contribution < -0.4 is 0 Å². The van der Waals surface area contributed by atoms with Crippen LogP contribution in [0.25, 0.3) is 0 Å². The van der Waals surface area contributed by atoms with Gasteiger partial charge in [0.2, 0.25) is 0 Å². The van der Waals surface area contributed by atoms with Gasteiger partial charge in [-0.2, -0.15) is 0 Å². The second-order valence-electron chi connectivity index (χ2n) is 2.49. The van der Waals surface area contributed by atoms with Gasteiger partial charge in [-0.15, -0.1) is 11.6 Å². The van der Waals surface area contributed by atoms with Crippen molar-refractivity contribution in [2.75, 3.05) is 5.88 Å². The summed E-state index contributed by atoms with van der Waals surface area (Å²) in [4.78, 5) is 10.8. The van der Waals surface area contributed by atoms with Crippen LogP contribution >= 0.6 is 11.6 Å². The first kappa shape index (κ1) is 9.27. The van der Waals surface area contributed by atoms with Gasteiger partial charge in [-0.25, -0.2) is 0 Å². The Hall–Kier alpha value is -0.820. The summed E-state index contributed by atoms with van der Waals surface area (Å²) in [5.41, 5.74) is 1.14. The molecule has 0 N–H and O–H groups in total. The third-order valence-electron chi connectivity index (χ3n) is 1.54. The van der Waals surface area contributed by atoms with Crippen molar-refractivity contribution in [2.45, 2.75) is 6.42 Å².